The topological polar surface area (TPSA) is 139 Å². The maximum atomic E-state index is 14.4. The number of ketones is 1. The summed E-state index contributed by atoms with van der Waals surface area (Å²) in [6.07, 6.45) is -2.86. The number of carbonyl (C=O) groups excluding carboxylic acids is 4. The Labute approximate surface area is 277 Å². The number of nitrogens with one attached hydrogen (secondary N) is 1. The third kappa shape index (κ3) is 8.32. The Bertz CT molecular complexity index is 1630. The monoisotopic (exact) mass is 668 g/mol. The van der Waals surface area contributed by atoms with E-state index in [4.69, 9.17) is 35.3 Å². The molecule has 0 saturated heterocycles. The van der Waals surface area contributed by atoms with E-state index in [-0.39, 0.29) is 31.7 Å². The molecule has 0 spiro atoms. The lowest BCUT2D eigenvalue weighted by molar-refractivity contribution is -0.142. The molecule has 2 unspecified atom stereocenters. The third-order valence-electron chi connectivity index (χ3n) is 7.63. The lowest BCUT2D eigenvalue weighted by Crippen LogP contribution is -2.42. The highest BCUT2D eigenvalue weighted by Crippen LogP contribution is 2.45. The van der Waals surface area contributed by atoms with E-state index in [9.17, 15) is 19.2 Å². The van der Waals surface area contributed by atoms with Crippen molar-refractivity contribution < 1.29 is 47.6 Å². The molecule has 3 aromatic carbocycles. The minimum Gasteiger partial charge on any atom is -0.497 e. The summed E-state index contributed by atoms with van der Waals surface area (Å²) in [4.78, 5) is 52.8. The molecule has 0 fully saturated rings. The van der Waals surface area contributed by atoms with Gasteiger partial charge in [0.2, 0.25) is 5.91 Å². The Hall–Kier alpha value is -4.81. The minimum absolute atomic E-state index is 0.0517. The first-order valence-corrected chi connectivity index (χ1v) is 15.0. The normalized spacial score (nSPS) is 15.6. The fourth-order valence-electron chi connectivity index (χ4n) is 5.25. The predicted octanol–water partition coefficient (Wildman–Crippen LogP) is 4.42. The van der Waals surface area contributed by atoms with Gasteiger partial charge in [-0.25, -0.2) is 0 Å². The number of para-hydroxylation sites is 1. The van der Waals surface area contributed by atoms with Crippen LogP contribution in [0.15, 0.2) is 54.6 Å². The number of rotatable bonds is 14. The van der Waals surface area contributed by atoms with Crippen molar-refractivity contribution >= 4 is 40.9 Å². The van der Waals surface area contributed by atoms with Crippen LogP contribution in [-0.2, 0) is 35.2 Å². The number of Topliss-reactive ketones (excluding diaryl/α,β-unsaturated/α-hetero) is 1. The molecule has 0 aliphatic carbocycles. The number of fused-ring (bicyclic) bond motifs is 1. The molecule has 0 radical (unpaired) electrons. The van der Waals surface area contributed by atoms with Gasteiger partial charge in [-0.15, -0.1) is 0 Å². The van der Waals surface area contributed by atoms with Crippen molar-refractivity contribution in [2.75, 3.05) is 47.0 Å². The van der Waals surface area contributed by atoms with Gasteiger partial charge in [0.1, 0.15) is 23.7 Å². The van der Waals surface area contributed by atoms with Crippen LogP contribution in [-0.4, -0.2) is 71.8 Å². The van der Waals surface area contributed by atoms with Gasteiger partial charge < -0.3 is 38.6 Å². The Kier molecular flexibility index (Phi) is 12.0. The first-order valence-electron chi connectivity index (χ1n) is 14.7. The van der Waals surface area contributed by atoms with Crippen LogP contribution in [0.3, 0.4) is 0 Å². The number of nitrogens with zero attached hydrogens (tertiary/aromatic N) is 1. The first-order chi connectivity index (χ1) is 22.6. The van der Waals surface area contributed by atoms with Crippen molar-refractivity contribution in [1.29, 1.82) is 0 Å². The summed E-state index contributed by atoms with van der Waals surface area (Å²) >= 11 is 6.51. The highest BCUT2D eigenvalue weighted by molar-refractivity contribution is 6.30. The number of hydrogen-bond donors (Lipinski definition) is 1. The van der Waals surface area contributed by atoms with Gasteiger partial charge >= 0.3 is 5.97 Å². The van der Waals surface area contributed by atoms with Crippen molar-refractivity contribution in [2.45, 2.75) is 38.0 Å². The zero-order valence-electron chi connectivity index (χ0n) is 26.8. The van der Waals surface area contributed by atoms with E-state index in [2.05, 4.69) is 10.1 Å². The second kappa shape index (κ2) is 16.1. The molecule has 250 valence electrons. The van der Waals surface area contributed by atoms with Crippen LogP contribution in [0, 0.1) is 0 Å². The minimum atomic E-state index is -1.31. The summed E-state index contributed by atoms with van der Waals surface area (Å²) in [7, 11) is 7.29. The van der Waals surface area contributed by atoms with Crippen molar-refractivity contribution in [1.82, 2.24) is 5.32 Å². The van der Waals surface area contributed by atoms with E-state index in [0.717, 1.165) is 0 Å². The van der Waals surface area contributed by atoms with Crippen molar-refractivity contribution in [3.05, 3.63) is 76.3 Å². The van der Waals surface area contributed by atoms with Gasteiger partial charge in [0.15, 0.2) is 17.3 Å². The lowest BCUT2D eigenvalue weighted by Gasteiger charge is -2.26. The number of esters is 1. The SMILES string of the molecule is COC(=O)CCC(=O)CNC(=O)CC1OC(c2cccc(OC)c2OC)c2cc(Cl)ccc2N(Cc2ccc(OC)cc2OC)C1=O. The van der Waals surface area contributed by atoms with Gasteiger partial charge in [-0.05, 0) is 36.4 Å². The average Bonchev–Trinajstić information content (AvgIpc) is 3.19. The standard InChI is InChI=1S/C34H37ClN2O10/c1-42-23-12-9-20(28(16-23)44-3)19-37-26-13-10-21(35)15-25(26)32(24-7-6-8-27(43-2)33(24)46-5)47-29(34(37)41)17-30(39)36-18-22(38)11-14-31(40)45-4/h6-10,12-13,15-16,29,32H,11,14,17-19H2,1-5H3,(H,36,39). The number of carbonyl (C=O) groups is 4. The van der Waals surface area contributed by atoms with E-state index in [1.165, 1.54) is 33.3 Å². The third-order valence-corrected chi connectivity index (χ3v) is 7.87. The highest BCUT2D eigenvalue weighted by Gasteiger charge is 2.39. The molecule has 2 atom stereocenters. The van der Waals surface area contributed by atoms with Crippen LogP contribution < -0.4 is 29.2 Å². The lowest BCUT2D eigenvalue weighted by atomic mass is 9.97. The van der Waals surface area contributed by atoms with E-state index >= 15 is 0 Å². The fraction of sp³-hybridized carbons (Fsp3) is 0.353. The van der Waals surface area contributed by atoms with Crippen LogP contribution in [0.25, 0.3) is 0 Å². The van der Waals surface area contributed by atoms with Gasteiger partial charge in [0, 0.05) is 34.2 Å². The van der Waals surface area contributed by atoms with Gasteiger partial charge in [0.05, 0.1) is 67.2 Å². The van der Waals surface area contributed by atoms with Gasteiger partial charge in [-0.1, -0.05) is 23.7 Å². The van der Waals surface area contributed by atoms with E-state index in [0.29, 0.717) is 50.4 Å². The van der Waals surface area contributed by atoms with Crippen LogP contribution in [0.5, 0.6) is 23.0 Å². The van der Waals surface area contributed by atoms with Crippen LogP contribution in [0.1, 0.15) is 42.1 Å². The number of amides is 2. The zero-order valence-corrected chi connectivity index (χ0v) is 27.5. The smallest absolute Gasteiger partial charge is 0.305 e. The van der Waals surface area contributed by atoms with Gasteiger partial charge in [-0.2, -0.15) is 0 Å². The Balaban J connectivity index is 1.76. The van der Waals surface area contributed by atoms with Crippen molar-refractivity contribution in [3.8, 4) is 23.0 Å². The second-order valence-electron chi connectivity index (χ2n) is 10.5. The highest BCUT2D eigenvalue weighted by atomic mass is 35.5. The summed E-state index contributed by atoms with van der Waals surface area (Å²) in [5.41, 5.74) is 2.24. The molecule has 1 aliphatic heterocycles. The molecule has 12 nitrogen and oxygen atoms in total. The number of hydrogen-bond acceptors (Lipinski definition) is 10. The number of anilines is 1. The predicted molar refractivity (Wildman–Crippen MR) is 172 cm³/mol. The molecule has 13 heteroatoms. The van der Waals surface area contributed by atoms with E-state index < -0.39 is 36.4 Å². The number of ether oxygens (including phenoxy) is 6. The second-order valence-corrected chi connectivity index (χ2v) is 10.9. The summed E-state index contributed by atoms with van der Waals surface area (Å²) < 4.78 is 33.3. The molecule has 0 bridgehead atoms. The molecule has 0 saturated carbocycles. The zero-order chi connectivity index (χ0) is 34.1. The summed E-state index contributed by atoms with van der Waals surface area (Å²) in [6, 6.07) is 15.6. The van der Waals surface area contributed by atoms with Crippen molar-refractivity contribution in [3.63, 3.8) is 0 Å². The molecular formula is C34H37ClN2O10. The maximum absolute atomic E-state index is 14.4. The quantitative estimate of drug-likeness (QED) is 0.246. The number of benzene rings is 3. The molecule has 47 heavy (non-hydrogen) atoms. The summed E-state index contributed by atoms with van der Waals surface area (Å²) in [5.74, 6) is -0.135. The molecule has 1 N–H and O–H groups in total. The van der Waals surface area contributed by atoms with E-state index in [1.54, 1.807) is 61.7 Å². The van der Waals surface area contributed by atoms with Crippen LogP contribution in [0.2, 0.25) is 5.02 Å². The van der Waals surface area contributed by atoms with E-state index in [1.807, 2.05) is 0 Å². The molecule has 1 aliphatic rings. The average molecular weight is 669 g/mol. The van der Waals surface area contributed by atoms with Crippen LogP contribution >= 0.6 is 11.6 Å². The van der Waals surface area contributed by atoms with Crippen LogP contribution in [0.4, 0.5) is 5.69 Å². The molecule has 1 heterocycles. The first kappa shape index (κ1) is 35.1. The molecule has 4 rings (SSSR count). The molecule has 3 aromatic rings. The number of halogens is 1. The molecule has 2 amide bonds. The largest absolute Gasteiger partial charge is 0.497 e. The number of methoxy groups -OCH3 is 5. The Morgan fingerprint density at radius 1 is 0.872 bits per heavy atom. The molecule has 0 aromatic heterocycles. The van der Waals surface area contributed by atoms with Gasteiger partial charge in [0.25, 0.3) is 5.91 Å². The fourth-order valence-corrected chi connectivity index (χ4v) is 5.43. The Morgan fingerprint density at radius 3 is 2.32 bits per heavy atom. The van der Waals surface area contributed by atoms with Gasteiger partial charge in [-0.3, -0.25) is 19.2 Å². The maximum Gasteiger partial charge on any atom is 0.305 e. The molecular weight excluding hydrogens is 632 g/mol. The van der Waals surface area contributed by atoms with Crippen molar-refractivity contribution in [2.24, 2.45) is 0 Å². The summed E-state index contributed by atoms with van der Waals surface area (Å²) in [5, 5.41) is 2.94. The Morgan fingerprint density at radius 2 is 1.64 bits per heavy atom. The summed E-state index contributed by atoms with van der Waals surface area (Å²) in [6.45, 7) is -0.275.